The van der Waals surface area contributed by atoms with E-state index in [9.17, 15) is 9.59 Å². The molecule has 0 saturated heterocycles. The Hall–Kier alpha value is -1.15. The van der Waals surface area contributed by atoms with Gasteiger partial charge in [-0.25, -0.2) is 4.79 Å². The van der Waals surface area contributed by atoms with Crippen molar-refractivity contribution in [3.63, 3.8) is 0 Å². The minimum Gasteiger partial charge on any atom is -0.481 e. The smallest absolute Gasteiger partial charge is 0.408 e. The van der Waals surface area contributed by atoms with Gasteiger partial charge in [-0.05, 0) is 48.2 Å². The van der Waals surface area contributed by atoms with Crippen LogP contribution in [0.25, 0.3) is 0 Å². The number of alkyl carbamates (subject to hydrolysis) is 1. The normalized spacial score (nSPS) is 12.8. The van der Waals surface area contributed by atoms with Crippen LogP contribution in [-0.4, -0.2) is 27.1 Å². The van der Waals surface area contributed by atoms with E-state index < -0.39 is 23.7 Å². The topological polar surface area (TPSA) is 88.5 Å². The second-order valence-electron chi connectivity index (χ2n) is 4.83. The molecular formula is C11H15BrN2O4S. The zero-order chi connectivity index (χ0) is 14.6. The van der Waals surface area contributed by atoms with Crippen molar-refractivity contribution in [2.75, 3.05) is 0 Å². The van der Waals surface area contributed by atoms with Gasteiger partial charge in [0, 0.05) is 0 Å². The zero-order valence-electron chi connectivity index (χ0n) is 10.8. The molecule has 0 fully saturated rings. The lowest BCUT2D eigenvalue weighted by Gasteiger charge is -2.22. The van der Waals surface area contributed by atoms with E-state index in [2.05, 4.69) is 25.6 Å². The molecule has 0 aliphatic heterocycles. The second-order valence-corrected chi connectivity index (χ2v) is 6.52. The van der Waals surface area contributed by atoms with Gasteiger partial charge in [0.25, 0.3) is 0 Å². The molecule has 8 heteroatoms. The Bertz CT molecular complexity index is 470. The van der Waals surface area contributed by atoms with Crippen LogP contribution >= 0.6 is 27.5 Å². The number of halogens is 1. The number of carboxylic acid groups (broad SMARTS) is 1. The number of rotatable bonds is 4. The molecule has 1 heterocycles. The van der Waals surface area contributed by atoms with Crippen LogP contribution in [0.5, 0.6) is 0 Å². The summed E-state index contributed by atoms with van der Waals surface area (Å²) in [5.41, 5.74) is -0.636. The zero-order valence-corrected chi connectivity index (χ0v) is 13.2. The third-order valence-corrected chi connectivity index (χ3v) is 3.75. The Morgan fingerprint density at radius 3 is 2.63 bits per heavy atom. The molecule has 1 aromatic heterocycles. The molecule has 0 bridgehead atoms. The third kappa shape index (κ3) is 5.56. The Labute approximate surface area is 123 Å². The number of carbonyl (C=O) groups is 2. The van der Waals surface area contributed by atoms with Crippen molar-refractivity contribution >= 4 is 39.5 Å². The van der Waals surface area contributed by atoms with Crippen LogP contribution in [0.1, 0.15) is 38.1 Å². The van der Waals surface area contributed by atoms with Gasteiger partial charge in [-0.1, -0.05) is 0 Å². The van der Waals surface area contributed by atoms with E-state index in [1.165, 1.54) is 0 Å². The molecule has 6 nitrogen and oxygen atoms in total. The SMILES string of the molecule is CC(C)(C)OC(=O)N[C@H](CC(=O)O)c1sncc1Br. The summed E-state index contributed by atoms with van der Waals surface area (Å²) in [5.74, 6) is -1.01. The fourth-order valence-corrected chi connectivity index (χ4v) is 2.71. The molecule has 0 aliphatic rings. The van der Waals surface area contributed by atoms with Crippen molar-refractivity contribution in [1.82, 2.24) is 9.69 Å². The maximum Gasteiger partial charge on any atom is 0.408 e. The number of nitrogens with zero attached hydrogens (tertiary/aromatic N) is 1. The molecule has 106 valence electrons. The average molecular weight is 351 g/mol. The standard InChI is InChI=1S/C11H15BrN2O4S/c1-11(2,3)18-10(17)14-7(4-8(15)16)9-6(12)5-13-19-9/h5,7H,4H2,1-3H3,(H,14,17)(H,15,16)/t7-/m1/s1. The predicted octanol–water partition coefficient (Wildman–Crippen LogP) is 2.95. The number of carbonyl (C=O) groups excluding carboxylic acids is 1. The van der Waals surface area contributed by atoms with Gasteiger partial charge < -0.3 is 15.2 Å². The van der Waals surface area contributed by atoms with Crippen molar-refractivity contribution in [1.29, 1.82) is 0 Å². The highest BCUT2D eigenvalue weighted by molar-refractivity contribution is 9.10. The minimum absolute atomic E-state index is 0.236. The first-order valence-corrected chi connectivity index (χ1v) is 7.07. The summed E-state index contributed by atoms with van der Waals surface area (Å²) in [6, 6.07) is -0.672. The van der Waals surface area contributed by atoms with Gasteiger partial charge in [-0.3, -0.25) is 4.79 Å². The summed E-state index contributed by atoms with van der Waals surface area (Å²) in [6.45, 7) is 5.21. The molecule has 1 atom stereocenters. The van der Waals surface area contributed by atoms with Gasteiger partial charge in [-0.15, -0.1) is 0 Å². The van der Waals surface area contributed by atoms with E-state index in [4.69, 9.17) is 9.84 Å². The lowest BCUT2D eigenvalue weighted by atomic mass is 10.2. The van der Waals surface area contributed by atoms with Crippen LogP contribution in [0.4, 0.5) is 4.79 Å². The average Bonchev–Trinajstić information content (AvgIpc) is 2.59. The van der Waals surface area contributed by atoms with Crippen molar-refractivity contribution in [2.45, 2.75) is 38.8 Å². The summed E-state index contributed by atoms with van der Waals surface area (Å²) in [7, 11) is 0. The van der Waals surface area contributed by atoms with Crippen molar-refractivity contribution in [2.24, 2.45) is 0 Å². The number of aliphatic carboxylic acids is 1. The number of ether oxygens (including phenoxy) is 1. The number of hydrogen-bond donors (Lipinski definition) is 2. The number of hydrogen-bond acceptors (Lipinski definition) is 5. The lowest BCUT2D eigenvalue weighted by molar-refractivity contribution is -0.137. The molecule has 0 saturated carbocycles. The summed E-state index contributed by atoms with van der Waals surface area (Å²) in [5, 5.41) is 11.4. The monoisotopic (exact) mass is 350 g/mol. The molecule has 0 aliphatic carbocycles. The highest BCUT2D eigenvalue weighted by atomic mass is 79.9. The third-order valence-electron chi connectivity index (χ3n) is 1.94. The first-order chi connectivity index (χ1) is 8.69. The lowest BCUT2D eigenvalue weighted by Crippen LogP contribution is -2.35. The number of amides is 1. The van der Waals surface area contributed by atoms with Crippen LogP contribution in [0, 0.1) is 0 Å². The molecular weight excluding hydrogens is 336 g/mol. The van der Waals surface area contributed by atoms with E-state index in [1.807, 2.05) is 0 Å². The highest BCUT2D eigenvalue weighted by Gasteiger charge is 2.25. The van der Waals surface area contributed by atoms with Crippen LogP contribution < -0.4 is 5.32 Å². The Balaban J connectivity index is 2.79. The Morgan fingerprint density at radius 1 is 1.58 bits per heavy atom. The molecule has 0 spiro atoms. The molecule has 0 aromatic carbocycles. The Morgan fingerprint density at radius 2 is 2.21 bits per heavy atom. The van der Waals surface area contributed by atoms with Gasteiger partial charge in [0.05, 0.1) is 28.0 Å². The molecule has 0 radical (unpaired) electrons. The summed E-state index contributed by atoms with van der Waals surface area (Å²) >= 11 is 4.40. The first kappa shape index (κ1) is 15.9. The van der Waals surface area contributed by atoms with Crippen molar-refractivity contribution in [3.8, 4) is 0 Å². The molecule has 1 amide bonds. The summed E-state index contributed by atoms with van der Waals surface area (Å²) in [6.07, 6.45) is 0.671. The second kappa shape index (κ2) is 6.33. The van der Waals surface area contributed by atoms with Crippen molar-refractivity contribution < 1.29 is 19.4 Å². The van der Waals surface area contributed by atoms with E-state index in [1.54, 1.807) is 27.0 Å². The van der Waals surface area contributed by atoms with Gasteiger partial charge in [0.2, 0.25) is 0 Å². The fourth-order valence-electron chi connectivity index (χ4n) is 1.30. The maximum absolute atomic E-state index is 11.7. The van der Waals surface area contributed by atoms with E-state index >= 15 is 0 Å². The quantitative estimate of drug-likeness (QED) is 0.871. The fraction of sp³-hybridized carbons (Fsp3) is 0.545. The summed E-state index contributed by atoms with van der Waals surface area (Å²) in [4.78, 5) is 23.2. The van der Waals surface area contributed by atoms with Gasteiger partial charge in [-0.2, -0.15) is 4.37 Å². The first-order valence-electron chi connectivity index (χ1n) is 5.50. The van der Waals surface area contributed by atoms with E-state index in [0.717, 1.165) is 11.5 Å². The predicted molar refractivity (Wildman–Crippen MR) is 74.2 cm³/mol. The molecule has 19 heavy (non-hydrogen) atoms. The molecule has 1 rings (SSSR count). The van der Waals surface area contributed by atoms with Crippen LogP contribution in [0.2, 0.25) is 0 Å². The van der Waals surface area contributed by atoms with Gasteiger partial charge in [0.15, 0.2) is 0 Å². The van der Waals surface area contributed by atoms with Crippen LogP contribution in [-0.2, 0) is 9.53 Å². The maximum atomic E-state index is 11.7. The number of carboxylic acids is 1. The van der Waals surface area contributed by atoms with E-state index in [-0.39, 0.29) is 6.42 Å². The van der Waals surface area contributed by atoms with Gasteiger partial charge in [0.1, 0.15) is 5.60 Å². The largest absolute Gasteiger partial charge is 0.481 e. The molecule has 1 aromatic rings. The minimum atomic E-state index is -1.01. The number of nitrogens with one attached hydrogen (secondary N) is 1. The molecule has 0 unspecified atom stereocenters. The number of aromatic nitrogens is 1. The highest BCUT2D eigenvalue weighted by Crippen LogP contribution is 2.29. The van der Waals surface area contributed by atoms with Crippen LogP contribution in [0.15, 0.2) is 10.7 Å². The van der Waals surface area contributed by atoms with Crippen molar-refractivity contribution in [3.05, 3.63) is 15.5 Å². The van der Waals surface area contributed by atoms with E-state index in [0.29, 0.717) is 9.35 Å². The summed E-state index contributed by atoms with van der Waals surface area (Å²) < 4.78 is 9.72. The van der Waals surface area contributed by atoms with Crippen LogP contribution in [0.3, 0.4) is 0 Å². The van der Waals surface area contributed by atoms with Gasteiger partial charge >= 0.3 is 12.1 Å². The Kier molecular flexibility index (Phi) is 5.30. The molecule has 2 N–H and O–H groups in total.